The maximum atomic E-state index is 13.6. The molecule has 0 bridgehead atoms. The van der Waals surface area contributed by atoms with Crippen LogP contribution in [0.4, 0.5) is 0 Å². The number of hydrogen-bond donors (Lipinski definition) is 0. The van der Waals surface area contributed by atoms with Gasteiger partial charge in [-0.15, -0.1) is 0 Å². The summed E-state index contributed by atoms with van der Waals surface area (Å²) in [4.78, 5) is 12.7. The monoisotopic (exact) mass is 423 g/mol. The summed E-state index contributed by atoms with van der Waals surface area (Å²) in [7, 11) is -2.13. The Balaban J connectivity index is 1.82. The number of nitrogens with zero attached hydrogens (tertiary/aromatic N) is 1. The van der Waals surface area contributed by atoms with Gasteiger partial charge in [0.05, 0.1) is 17.9 Å². The summed E-state index contributed by atoms with van der Waals surface area (Å²) in [6.07, 6.45) is 3.38. The van der Waals surface area contributed by atoms with Gasteiger partial charge in [0.25, 0.3) is 10.0 Å². The predicted octanol–water partition coefficient (Wildman–Crippen LogP) is 4.36. The Hall–Kier alpha value is -2.86. The highest BCUT2D eigenvalue weighted by atomic mass is 32.2. The molecule has 2 aromatic rings. The molecule has 1 aliphatic heterocycles. The van der Waals surface area contributed by atoms with Crippen LogP contribution in [-0.2, 0) is 14.8 Å². The lowest BCUT2D eigenvalue weighted by Gasteiger charge is -2.34. The zero-order valence-corrected chi connectivity index (χ0v) is 18.2. The van der Waals surface area contributed by atoms with Crippen molar-refractivity contribution >= 4 is 15.8 Å². The first-order valence-electron chi connectivity index (χ1n) is 10.0. The molecule has 1 heterocycles. The smallest absolute Gasteiger partial charge is 0.264 e. The molecule has 0 saturated heterocycles. The van der Waals surface area contributed by atoms with Gasteiger partial charge < -0.3 is 4.74 Å². The summed E-state index contributed by atoms with van der Waals surface area (Å²) in [5.41, 5.74) is 4.16. The lowest BCUT2D eigenvalue weighted by molar-refractivity contribution is -0.113. The molecule has 0 spiro atoms. The molecule has 0 amide bonds. The highest BCUT2D eigenvalue weighted by Gasteiger charge is 2.41. The number of Topliss-reactive ketones (excluding diaryl/α,β-unsaturated/α-hetero) is 1. The molecule has 1 unspecified atom stereocenters. The molecular formula is C24H25NO4S. The summed E-state index contributed by atoms with van der Waals surface area (Å²) in [5.74, 6) is 0.272. The van der Waals surface area contributed by atoms with E-state index in [0.29, 0.717) is 23.6 Å². The van der Waals surface area contributed by atoms with Crippen LogP contribution in [0, 0.1) is 6.92 Å². The SMILES string of the molecule is COc1ccc(C2C(C(C)=O)=CC3=C2N(S(=O)(=O)c2ccc(C)cc2)CCC3)cc1. The number of benzene rings is 2. The number of ketones is 1. The lowest BCUT2D eigenvalue weighted by atomic mass is 9.88. The second kappa shape index (κ2) is 7.76. The first-order chi connectivity index (χ1) is 14.3. The van der Waals surface area contributed by atoms with Crippen LogP contribution in [-0.4, -0.2) is 32.2 Å². The van der Waals surface area contributed by atoms with Crippen molar-refractivity contribution in [2.75, 3.05) is 13.7 Å². The largest absolute Gasteiger partial charge is 0.497 e. The van der Waals surface area contributed by atoms with Gasteiger partial charge in [0.2, 0.25) is 0 Å². The Morgan fingerprint density at radius 1 is 1.07 bits per heavy atom. The fourth-order valence-corrected chi connectivity index (χ4v) is 5.83. The average Bonchev–Trinajstić information content (AvgIpc) is 3.14. The van der Waals surface area contributed by atoms with E-state index in [-0.39, 0.29) is 10.7 Å². The molecule has 6 heteroatoms. The van der Waals surface area contributed by atoms with E-state index in [9.17, 15) is 13.2 Å². The normalized spacial score (nSPS) is 18.8. The third kappa shape index (κ3) is 3.45. The van der Waals surface area contributed by atoms with Crippen molar-refractivity contribution in [3.63, 3.8) is 0 Å². The fraction of sp³-hybridized carbons (Fsp3) is 0.292. The second-order valence-electron chi connectivity index (χ2n) is 7.77. The van der Waals surface area contributed by atoms with Crippen LogP contribution in [0.25, 0.3) is 0 Å². The molecule has 1 aliphatic carbocycles. The van der Waals surface area contributed by atoms with Crippen molar-refractivity contribution < 1.29 is 17.9 Å². The quantitative estimate of drug-likeness (QED) is 0.717. The number of carbonyl (C=O) groups excluding carboxylic acids is 1. The Bertz CT molecular complexity index is 1140. The molecular weight excluding hydrogens is 398 g/mol. The molecule has 0 aromatic heterocycles. The van der Waals surface area contributed by atoms with Crippen molar-refractivity contribution in [1.82, 2.24) is 4.31 Å². The second-order valence-corrected chi connectivity index (χ2v) is 9.63. The molecule has 4 rings (SSSR count). The van der Waals surface area contributed by atoms with Crippen LogP contribution in [0.15, 0.2) is 76.3 Å². The molecule has 2 aromatic carbocycles. The van der Waals surface area contributed by atoms with Gasteiger partial charge in [0, 0.05) is 17.8 Å². The molecule has 30 heavy (non-hydrogen) atoms. The average molecular weight is 424 g/mol. The highest BCUT2D eigenvalue weighted by molar-refractivity contribution is 7.89. The number of sulfonamides is 1. The third-order valence-electron chi connectivity index (χ3n) is 5.78. The van der Waals surface area contributed by atoms with Gasteiger partial charge in [-0.2, -0.15) is 0 Å². The molecule has 0 N–H and O–H groups in total. The number of allylic oxidation sites excluding steroid dienone is 3. The third-order valence-corrected chi connectivity index (χ3v) is 7.61. The summed E-state index contributed by atoms with van der Waals surface area (Å²) in [5, 5.41) is 0. The van der Waals surface area contributed by atoms with Crippen molar-refractivity contribution in [3.05, 3.63) is 82.6 Å². The zero-order valence-electron chi connectivity index (χ0n) is 17.4. The van der Waals surface area contributed by atoms with Crippen molar-refractivity contribution in [1.29, 1.82) is 0 Å². The molecule has 1 atom stereocenters. The molecule has 2 aliphatic rings. The molecule has 0 fully saturated rings. The van der Waals surface area contributed by atoms with Crippen molar-refractivity contribution in [3.8, 4) is 5.75 Å². The van der Waals surface area contributed by atoms with Crippen LogP contribution in [0.3, 0.4) is 0 Å². The van der Waals surface area contributed by atoms with Gasteiger partial charge in [-0.05, 0) is 68.2 Å². The Morgan fingerprint density at radius 3 is 2.33 bits per heavy atom. The van der Waals surface area contributed by atoms with E-state index in [0.717, 1.165) is 29.5 Å². The minimum absolute atomic E-state index is 0.0436. The summed E-state index contributed by atoms with van der Waals surface area (Å²) < 4.78 is 33.9. The number of hydrogen-bond acceptors (Lipinski definition) is 4. The van der Waals surface area contributed by atoms with E-state index < -0.39 is 15.9 Å². The van der Waals surface area contributed by atoms with Gasteiger partial charge >= 0.3 is 0 Å². The van der Waals surface area contributed by atoms with Crippen LogP contribution >= 0.6 is 0 Å². The van der Waals surface area contributed by atoms with E-state index >= 15 is 0 Å². The molecule has 0 radical (unpaired) electrons. The Kier molecular flexibility index (Phi) is 5.28. The maximum absolute atomic E-state index is 13.6. The maximum Gasteiger partial charge on any atom is 0.264 e. The van der Waals surface area contributed by atoms with Gasteiger partial charge in [-0.3, -0.25) is 9.10 Å². The molecule has 5 nitrogen and oxygen atoms in total. The van der Waals surface area contributed by atoms with Gasteiger partial charge in [-0.25, -0.2) is 8.42 Å². The van der Waals surface area contributed by atoms with Crippen LogP contribution in [0.1, 0.15) is 36.8 Å². The standard InChI is InChI=1S/C24H25NO4S/c1-16-6-12-21(13-7-16)30(27,28)25-14-4-5-19-15-22(17(2)26)23(24(19)25)18-8-10-20(29-3)11-9-18/h6-13,15,23H,4-5,14H2,1-3H3. The molecule has 0 saturated carbocycles. The van der Waals surface area contributed by atoms with E-state index in [1.54, 1.807) is 38.3 Å². The van der Waals surface area contributed by atoms with Gasteiger partial charge in [0.15, 0.2) is 5.78 Å². The van der Waals surface area contributed by atoms with Crippen LogP contribution in [0.2, 0.25) is 0 Å². The van der Waals surface area contributed by atoms with Gasteiger partial charge in [-0.1, -0.05) is 29.8 Å². The van der Waals surface area contributed by atoms with Crippen LogP contribution < -0.4 is 4.74 Å². The fourth-order valence-electron chi connectivity index (χ4n) is 4.24. The zero-order chi connectivity index (χ0) is 21.5. The summed E-state index contributed by atoms with van der Waals surface area (Å²) in [6.45, 7) is 3.87. The number of ether oxygens (including phenoxy) is 1. The summed E-state index contributed by atoms with van der Waals surface area (Å²) in [6, 6.07) is 14.4. The number of carbonyl (C=O) groups is 1. The van der Waals surface area contributed by atoms with E-state index in [4.69, 9.17) is 4.74 Å². The first-order valence-corrected chi connectivity index (χ1v) is 11.5. The Morgan fingerprint density at radius 2 is 1.73 bits per heavy atom. The minimum Gasteiger partial charge on any atom is -0.497 e. The lowest BCUT2D eigenvalue weighted by Crippen LogP contribution is -2.36. The topological polar surface area (TPSA) is 63.7 Å². The van der Waals surface area contributed by atoms with E-state index in [1.807, 2.05) is 37.3 Å². The van der Waals surface area contributed by atoms with Gasteiger partial charge in [0.1, 0.15) is 5.75 Å². The first kappa shape index (κ1) is 20.4. The summed E-state index contributed by atoms with van der Waals surface area (Å²) >= 11 is 0. The number of rotatable bonds is 5. The Labute approximate surface area is 177 Å². The number of methoxy groups -OCH3 is 1. The molecule has 156 valence electrons. The van der Waals surface area contributed by atoms with Crippen molar-refractivity contribution in [2.24, 2.45) is 0 Å². The van der Waals surface area contributed by atoms with E-state index in [2.05, 4.69) is 0 Å². The van der Waals surface area contributed by atoms with E-state index in [1.165, 1.54) is 4.31 Å². The minimum atomic E-state index is -3.73. The number of aryl methyl sites for hydroxylation is 1. The predicted molar refractivity (Wildman–Crippen MR) is 116 cm³/mol. The van der Waals surface area contributed by atoms with Crippen molar-refractivity contribution in [2.45, 2.75) is 37.5 Å². The van der Waals surface area contributed by atoms with Crippen LogP contribution in [0.5, 0.6) is 5.75 Å². The highest BCUT2D eigenvalue weighted by Crippen LogP contribution is 2.47.